The summed E-state index contributed by atoms with van der Waals surface area (Å²) in [5.41, 5.74) is 0.426. The number of halogens is 1. The van der Waals surface area contributed by atoms with Gasteiger partial charge in [-0.15, -0.1) is 24.2 Å². The highest BCUT2D eigenvalue weighted by atomic mass is 35.5. The molecule has 0 N–H and O–H groups in total. The summed E-state index contributed by atoms with van der Waals surface area (Å²) in [7, 11) is -3.42. The van der Waals surface area contributed by atoms with Gasteiger partial charge in [-0.3, -0.25) is 14.6 Å². The summed E-state index contributed by atoms with van der Waals surface area (Å²) in [5.74, 6) is 0.231. The summed E-state index contributed by atoms with van der Waals surface area (Å²) in [6, 6.07) is 14.9. The first-order valence-corrected chi connectivity index (χ1v) is 14.0. The average Bonchev–Trinajstić information content (AvgIpc) is 3.22. The first-order valence-electron chi connectivity index (χ1n) is 10.3. The number of hydrogen-bond acceptors (Lipinski definition) is 8. The Balaban J connectivity index is 0.00000306. The number of sulfone groups is 1. The van der Waals surface area contributed by atoms with Crippen LogP contribution in [-0.2, 0) is 19.4 Å². The first-order chi connectivity index (χ1) is 15.4. The molecule has 2 aromatic carbocycles. The molecule has 1 aromatic heterocycles. The molecule has 2 heterocycles. The van der Waals surface area contributed by atoms with Gasteiger partial charge in [0.25, 0.3) is 0 Å². The van der Waals surface area contributed by atoms with E-state index in [1.54, 1.807) is 17.0 Å². The van der Waals surface area contributed by atoms with Crippen molar-refractivity contribution in [1.29, 1.82) is 0 Å². The maximum Gasteiger partial charge on any atom is 0.239 e. The number of anilines is 1. The Morgan fingerprint density at radius 1 is 1.15 bits per heavy atom. The molecule has 178 valence electrons. The number of amides is 1. The third kappa shape index (κ3) is 6.68. The fraction of sp³-hybridized carbons (Fsp3) is 0.364. The fourth-order valence-corrected chi connectivity index (χ4v) is 6.19. The van der Waals surface area contributed by atoms with Crippen LogP contribution in [0.2, 0.25) is 0 Å². The van der Waals surface area contributed by atoms with Crippen LogP contribution in [0.1, 0.15) is 0 Å². The number of carbonyl (C=O) groups is 1. The number of carbonyl (C=O) groups excluding carboxylic acids is 1. The SMILES string of the molecule is CS(=O)(=O)c1cccc2sc(N(CCN3CCOCC3)C(=O)CSc3ccccc3)nc12.Cl. The van der Waals surface area contributed by atoms with Crippen LogP contribution in [0, 0.1) is 0 Å². The zero-order valence-electron chi connectivity index (χ0n) is 18.2. The monoisotopic (exact) mass is 527 g/mol. The second kappa shape index (κ2) is 11.6. The van der Waals surface area contributed by atoms with Crippen molar-refractivity contribution in [2.24, 2.45) is 0 Å². The van der Waals surface area contributed by atoms with Gasteiger partial charge < -0.3 is 4.74 Å². The number of aromatic nitrogens is 1. The van der Waals surface area contributed by atoms with Gasteiger partial charge in [-0.25, -0.2) is 13.4 Å². The van der Waals surface area contributed by atoms with Gasteiger partial charge >= 0.3 is 0 Å². The van der Waals surface area contributed by atoms with E-state index in [0.717, 1.165) is 22.7 Å². The first kappa shape index (κ1) is 25.9. The Kier molecular flexibility index (Phi) is 9.14. The van der Waals surface area contributed by atoms with Crippen molar-refractivity contribution >= 4 is 66.6 Å². The molecule has 0 spiro atoms. The Hall–Kier alpha value is -1.69. The van der Waals surface area contributed by atoms with E-state index >= 15 is 0 Å². The zero-order valence-corrected chi connectivity index (χ0v) is 21.4. The van der Waals surface area contributed by atoms with Crippen molar-refractivity contribution in [2.75, 3.05) is 56.3 Å². The summed E-state index contributed by atoms with van der Waals surface area (Å²) in [4.78, 5) is 23.1. The van der Waals surface area contributed by atoms with Crippen LogP contribution in [0.15, 0.2) is 58.3 Å². The minimum Gasteiger partial charge on any atom is -0.379 e. The number of hydrogen-bond donors (Lipinski definition) is 0. The van der Waals surface area contributed by atoms with Gasteiger partial charge in [-0.05, 0) is 24.3 Å². The van der Waals surface area contributed by atoms with E-state index in [-0.39, 0.29) is 29.0 Å². The topological polar surface area (TPSA) is 79.8 Å². The van der Waals surface area contributed by atoms with E-state index in [1.807, 2.05) is 36.4 Å². The van der Waals surface area contributed by atoms with Gasteiger partial charge in [0, 0.05) is 37.3 Å². The van der Waals surface area contributed by atoms with Gasteiger partial charge in [-0.1, -0.05) is 35.6 Å². The van der Waals surface area contributed by atoms with Crippen molar-refractivity contribution in [3.63, 3.8) is 0 Å². The minimum absolute atomic E-state index is 0. The van der Waals surface area contributed by atoms with Gasteiger partial charge in [0.05, 0.1) is 28.6 Å². The number of para-hydroxylation sites is 1. The lowest BCUT2D eigenvalue weighted by atomic mass is 10.3. The molecule has 1 aliphatic rings. The number of benzene rings is 2. The number of thiazole rings is 1. The standard InChI is InChI=1S/C22H25N3O4S3.ClH/c1-32(27,28)19-9-5-8-18-21(19)23-22(31-18)25(11-10-24-12-14-29-15-13-24)20(26)16-30-17-6-3-2-4-7-17;/h2-9H,10-16H2,1H3;1H. The number of thioether (sulfide) groups is 1. The lowest BCUT2D eigenvalue weighted by Gasteiger charge is -2.29. The Labute approximate surface area is 208 Å². The van der Waals surface area contributed by atoms with E-state index in [1.165, 1.54) is 29.4 Å². The summed E-state index contributed by atoms with van der Waals surface area (Å²) >= 11 is 2.83. The Morgan fingerprint density at radius 3 is 2.58 bits per heavy atom. The molecule has 7 nitrogen and oxygen atoms in total. The minimum atomic E-state index is -3.42. The van der Waals surface area contributed by atoms with Crippen molar-refractivity contribution in [3.8, 4) is 0 Å². The maximum atomic E-state index is 13.3. The molecule has 0 saturated carbocycles. The molecule has 0 aliphatic carbocycles. The second-order valence-corrected chi connectivity index (χ2v) is 11.5. The summed E-state index contributed by atoms with van der Waals surface area (Å²) in [5, 5.41) is 0.531. The van der Waals surface area contributed by atoms with Crippen LogP contribution < -0.4 is 4.90 Å². The van der Waals surface area contributed by atoms with Crippen LogP contribution in [-0.4, -0.2) is 75.6 Å². The van der Waals surface area contributed by atoms with Gasteiger partial charge in [-0.2, -0.15) is 0 Å². The molecule has 1 aliphatic heterocycles. The molecular formula is C22H26ClN3O4S3. The zero-order chi connectivity index (χ0) is 22.6. The smallest absolute Gasteiger partial charge is 0.239 e. The third-order valence-corrected chi connectivity index (χ3v) is 8.32. The fourth-order valence-electron chi connectivity index (χ4n) is 3.46. The van der Waals surface area contributed by atoms with Crippen molar-refractivity contribution in [2.45, 2.75) is 9.79 Å². The van der Waals surface area contributed by atoms with Gasteiger partial charge in [0.2, 0.25) is 5.91 Å². The highest BCUT2D eigenvalue weighted by molar-refractivity contribution is 8.00. The molecule has 4 rings (SSSR count). The lowest BCUT2D eigenvalue weighted by molar-refractivity contribution is -0.116. The van der Waals surface area contributed by atoms with Crippen molar-refractivity contribution in [1.82, 2.24) is 9.88 Å². The summed E-state index contributed by atoms with van der Waals surface area (Å²) in [6.45, 7) is 4.24. The Bertz CT molecular complexity index is 1180. The quantitative estimate of drug-likeness (QED) is 0.414. The molecule has 1 fully saturated rings. The van der Waals surface area contributed by atoms with E-state index in [9.17, 15) is 13.2 Å². The van der Waals surface area contributed by atoms with Gasteiger partial charge in [0.1, 0.15) is 5.52 Å². The van der Waals surface area contributed by atoms with Crippen LogP contribution in [0.5, 0.6) is 0 Å². The summed E-state index contributed by atoms with van der Waals surface area (Å²) in [6.07, 6.45) is 1.18. The number of morpholine rings is 1. The molecule has 33 heavy (non-hydrogen) atoms. The van der Waals surface area contributed by atoms with E-state index in [2.05, 4.69) is 9.88 Å². The maximum absolute atomic E-state index is 13.3. The Morgan fingerprint density at radius 2 is 1.88 bits per heavy atom. The van der Waals surface area contributed by atoms with Crippen molar-refractivity contribution < 1.29 is 17.9 Å². The highest BCUT2D eigenvalue weighted by Crippen LogP contribution is 2.33. The second-order valence-electron chi connectivity index (χ2n) is 7.47. The molecule has 1 saturated heterocycles. The molecule has 3 aromatic rings. The molecule has 0 atom stereocenters. The predicted molar refractivity (Wildman–Crippen MR) is 137 cm³/mol. The summed E-state index contributed by atoms with van der Waals surface area (Å²) < 4.78 is 30.6. The number of nitrogens with zero attached hydrogens (tertiary/aromatic N) is 3. The molecule has 1 amide bonds. The largest absolute Gasteiger partial charge is 0.379 e. The molecule has 0 unspecified atom stereocenters. The average molecular weight is 528 g/mol. The normalized spacial score (nSPS) is 14.7. The number of fused-ring (bicyclic) bond motifs is 1. The third-order valence-electron chi connectivity index (χ3n) is 5.15. The highest BCUT2D eigenvalue weighted by Gasteiger charge is 2.23. The molecular weight excluding hydrogens is 502 g/mol. The molecule has 0 bridgehead atoms. The predicted octanol–water partition coefficient (Wildman–Crippen LogP) is 3.58. The van der Waals surface area contributed by atoms with Crippen LogP contribution in [0.4, 0.5) is 5.13 Å². The van der Waals surface area contributed by atoms with E-state index in [4.69, 9.17) is 4.74 Å². The van der Waals surface area contributed by atoms with Crippen LogP contribution >= 0.6 is 35.5 Å². The number of rotatable bonds is 8. The van der Waals surface area contributed by atoms with Crippen LogP contribution in [0.25, 0.3) is 10.2 Å². The molecule has 11 heteroatoms. The van der Waals surface area contributed by atoms with Crippen molar-refractivity contribution in [3.05, 3.63) is 48.5 Å². The van der Waals surface area contributed by atoms with Gasteiger partial charge in [0.15, 0.2) is 15.0 Å². The number of ether oxygens (including phenoxy) is 1. The van der Waals surface area contributed by atoms with E-state index < -0.39 is 9.84 Å². The van der Waals surface area contributed by atoms with E-state index in [0.29, 0.717) is 37.0 Å². The molecule has 0 radical (unpaired) electrons. The lowest BCUT2D eigenvalue weighted by Crippen LogP contribution is -2.43. The van der Waals surface area contributed by atoms with Crippen LogP contribution in [0.3, 0.4) is 0 Å².